The maximum Gasteiger partial charge on any atom is 0.145 e. The zero-order valence-electron chi connectivity index (χ0n) is 18.5. The molecule has 0 amide bonds. The number of hydrogen-bond donors (Lipinski definition) is 0. The van der Waals surface area contributed by atoms with E-state index in [1.165, 1.54) is 11.1 Å². The minimum Gasteiger partial charge on any atom is -0.384 e. The van der Waals surface area contributed by atoms with Crippen molar-refractivity contribution in [2.24, 2.45) is 0 Å². The average molecular weight is 452 g/mol. The smallest absolute Gasteiger partial charge is 0.145 e. The third-order valence-electron chi connectivity index (χ3n) is 5.62. The molecule has 0 N–H and O–H groups in total. The van der Waals surface area contributed by atoms with Gasteiger partial charge in [-0.25, -0.2) is 9.97 Å². The number of methoxy groups -OCH3 is 1. The van der Waals surface area contributed by atoms with E-state index in [1.54, 1.807) is 25.2 Å². The third-order valence-corrected chi connectivity index (χ3v) is 6.58. The van der Waals surface area contributed by atoms with E-state index >= 15 is 0 Å². The minimum atomic E-state index is 0.674. The Bertz CT molecular complexity index is 1340. The topological polar surface area (TPSA) is 39.9 Å². The second kappa shape index (κ2) is 10.0. The molecule has 33 heavy (non-hydrogen) atoms. The molecule has 0 saturated heterocycles. The van der Waals surface area contributed by atoms with Gasteiger partial charge in [0.15, 0.2) is 0 Å². The van der Waals surface area contributed by atoms with E-state index in [-0.39, 0.29) is 0 Å². The molecule has 0 unspecified atom stereocenters. The van der Waals surface area contributed by atoms with Gasteiger partial charge in [0, 0.05) is 25.0 Å². The second-order valence-electron chi connectivity index (χ2n) is 7.75. The van der Waals surface area contributed by atoms with Gasteiger partial charge in [-0.2, -0.15) is 0 Å². The summed E-state index contributed by atoms with van der Waals surface area (Å²) in [7, 11) is 1.73. The summed E-state index contributed by atoms with van der Waals surface area (Å²) in [4.78, 5) is 9.51. The average Bonchev–Trinajstić information content (AvgIpc) is 3.21. The summed E-state index contributed by atoms with van der Waals surface area (Å²) >= 11 is 1.72. The standard InChI is InChI=1S/C28H25N3OS/c1-32-17-18-33-28-25-24(22-13-7-3-8-14-22)26(23-15-9-4-10-16-23)31(27(25)29-20-30-28)19-21-11-5-2-6-12-21/h2-16,20H,17-19H2,1H3. The summed E-state index contributed by atoms with van der Waals surface area (Å²) in [6, 6.07) is 31.7. The van der Waals surface area contributed by atoms with Gasteiger partial charge >= 0.3 is 0 Å². The molecule has 3 aromatic carbocycles. The van der Waals surface area contributed by atoms with Crippen molar-refractivity contribution in [1.82, 2.24) is 14.5 Å². The normalized spacial score (nSPS) is 11.2. The zero-order chi connectivity index (χ0) is 22.5. The molecule has 164 valence electrons. The Balaban J connectivity index is 1.83. The number of ether oxygens (including phenoxy) is 1. The Kier molecular flexibility index (Phi) is 6.51. The molecular weight excluding hydrogens is 426 g/mol. The van der Waals surface area contributed by atoms with Crippen LogP contribution in [0.15, 0.2) is 102 Å². The molecule has 4 nitrogen and oxygen atoms in total. The predicted molar refractivity (Wildman–Crippen MR) is 137 cm³/mol. The van der Waals surface area contributed by atoms with E-state index in [0.717, 1.165) is 45.2 Å². The fourth-order valence-electron chi connectivity index (χ4n) is 4.18. The Labute approximate surface area is 198 Å². The van der Waals surface area contributed by atoms with E-state index in [4.69, 9.17) is 14.7 Å². The molecule has 0 fully saturated rings. The largest absolute Gasteiger partial charge is 0.384 e. The van der Waals surface area contributed by atoms with Gasteiger partial charge in [-0.05, 0) is 16.7 Å². The lowest BCUT2D eigenvalue weighted by atomic mass is 9.99. The molecule has 0 spiro atoms. The molecule has 0 bridgehead atoms. The highest BCUT2D eigenvalue weighted by atomic mass is 32.2. The molecule has 0 aliphatic carbocycles. The molecule has 0 aliphatic rings. The van der Waals surface area contributed by atoms with Crippen molar-refractivity contribution in [3.8, 4) is 22.4 Å². The highest BCUT2D eigenvalue weighted by molar-refractivity contribution is 7.99. The van der Waals surface area contributed by atoms with Crippen molar-refractivity contribution in [2.45, 2.75) is 11.6 Å². The highest BCUT2D eigenvalue weighted by Gasteiger charge is 2.24. The Morgan fingerprint density at radius 1 is 0.788 bits per heavy atom. The Morgan fingerprint density at radius 2 is 1.42 bits per heavy atom. The number of fused-ring (bicyclic) bond motifs is 1. The summed E-state index contributed by atoms with van der Waals surface area (Å²) in [5.41, 5.74) is 6.85. The van der Waals surface area contributed by atoms with Crippen molar-refractivity contribution < 1.29 is 4.74 Å². The Morgan fingerprint density at radius 3 is 2.09 bits per heavy atom. The van der Waals surface area contributed by atoms with E-state index in [9.17, 15) is 0 Å². The zero-order valence-corrected chi connectivity index (χ0v) is 19.3. The van der Waals surface area contributed by atoms with E-state index in [0.29, 0.717) is 6.61 Å². The maximum absolute atomic E-state index is 5.30. The van der Waals surface area contributed by atoms with Crippen LogP contribution in [0.1, 0.15) is 5.56 Å². The molecule has 5 aromatic rings. The second-order valence-corrected chi connectivity index (χ2v) is 8.83. The van der Waals surface area contributed by atoms with Crippen LogP contribution >= 0.6 is 11.8 Å². The van der Waals surface area contributed by atoms with Crippen LogP contribution in [0.5, 0.6) is 0 Å². The molecular formula is C28H25N3OS. The maximum atomic E-state index is 5.30. The number of hydrogen-bond acceptors (Lipinski definition) is 4. The van der Waals surface area contributed by atoms with Crippen LogP contribution in [0.2, 0.25) is 0 Å². The molecule has 0 radical (unpaired) electrons. The molecule has 0 aliphatic heterocycles. The van der Waals surface area contributed by atoms with Crippen molar-refractivity contribution in [2.75, 3.05) is 19.5 Å². The monoisotopic (exact) mass is 451 g/mol. The van der Waals surface area contributed by atoms with Crippen molar-refractivity contribution in [1.29, 1.82) is 0 Å². The first-order valence-corrected chi connectivity index (χ1v) is 12.0. The van der Waals surface area contributed by atoms with Gasteiger partial charge in [-0.1, -0.05) is 91.0 Å². The van der Waals surface area contributed by atoms with Crippen LogP contribution in [0.3, 0.4) is 0 Å². The number of nitrogens with zero attached hydrogens (tertiary/aromatic N) is 3. The first-order valence-electron chi connectivity index (χ1n) is 11.0. The van der Waals surface area contributed by atoms with Crippen molar-refractivity contribution in [3.05, 3.63) is 103 Å². The fraction of sp³-hybridized carbons (Fsp3) is 0.143. The number of aromatic nitrogens is 3. The highest BCUT2D eigenvalue weighted by Crippen LogP contribution is 2.43. The molecule has 2 aromatic heterocycles. The third kappa shape index (κ3) is 4.42. The van der Waals surface area contributed by atoms with Gasteiger partial charge in [0.05, 0.1) is 17.7 Å². The lowest BCUT2D eigenvalue weighted by molar-refractivity contribution is 0.218. The van der Waals surface area contributed by atoms with Crippen LogP contribution in [0.25, 0.3) is 33.4 Å². The lowest BCUT2D eigenvalue weighted by Gasteiger charge is -2.13. The Hall–Kier alpha value is -3.41. The first-order chi connectivity index (χ1) is 16.4. The summed E-state index contributed by atoms with van der Waals surface area (Å²) in [6.07, 6.45) is 1.68. The number of thioether (sulfide) groups is 1. The predicted octanol–water partition coefficient (Wildman–Crippen LogP) is 6.55. The van der Waals surface area contributed by atoms with Gasteiger partial charge < -0.3 is 9.30 Å². The van der Waals surface area contributed by atoms with Crippen LogP contribution < -0.4 is 0 Å². The summed E-state index contributed by atoms with van der Waals surface area (Å²) < 4.78 is 7.64. The lowest BCUT2D eigenvalue weighted by Crippen LogP contribution is -2.03. The van der Waals surface area contributed by atoms with Crippen LogP contribution in [0.4, 0.5) is 0 Å². The summed E-state index contributed by atoms with van der Waals surface area (Å²) in [5.74, 6) is 0.835. The summed E-state index contributed by atoms with van der Waals surface area (Å²) in [5, 5.41) is 2.08. The van der Waals surface area contributed by atoms with Gasteiger partial charge in [0.1, 0.15) is 17.0 Å². The molecule has 0 atom stereocenters. The fourth-order valence-corrected chi connectivity index (χ4v) is 5.08. The van der Waals surface area contributed by atoms with Crippen LogP contribution in [-0.4, -0.2) is 34.0 Å². The quantitative estimate of drug-likeness (QED) is 0.152. The van der Waals surface area contributed by atoms with Crippen LogP contribution in [-0.2, 0) is 11.3 Å². The molecule has 2 heterocycles. The SMILES string of the molecule is COCCSc1ncnc2c1c(-c1ccccc1)c(-c1ccccc1)n2Cc1ccccc1. The first kappa shape index (κ1) is 21.4. The minimum absolute atomic E-state index is 0.674. The van der Waals surface area contributed by atoms with Gasteiger partial charge in [0.2, 0.25) is 0 Å². The van der Waals surface area contributed by atoms with E-state index < -0.39 is 0 Å². The van der Waals surface area contributed by atoms with Crippen molar-refractivity contribution in [3.63, 3.8) is 0 Å². The van der Waals surface area contributed by atoms with E-state index in [1.807, 2.05) is 0 Å². The molecule has 0 saturated carbocycles. The van der Waals surface area contributed by atoms with Gasteiger partial charge in [-0.15, -0.1) is 11.8 Å². The van der Waals surface area contributed by atoms with Gasteiger partial charge in [-0.3, -0.25) is 0 Å². The van der Waals surface area contributed by atoms with Crippen molar-refractivity contribution >= 4 is 22.8 Å². The number of benzene rings is 3. The molecule has 5 heteroatoms. The van der Waals surface area contributed by atoms with Crippen LogP contribution in [0, 0.1) is 0 Å². The number of rotatable bonds is 8. The summed E-state index contributed by atoms with van der Waals surface area (Å²) in [6.45, 7) is 1.40. The van der Waals surface area contributed by atoms with E-state index in [2.05, 4.69) is 95.6 Å². The van der Waals surface area contributed by atoms with Gasteiger partial charge in [0.25, 0.3) is 0 Å². The molecule has 5 rings (SSSR count).